The Morgan fingerprint density at radius 3 is 2.95 bits per heavy atom. The van der Waals surface area contributed by atoms with E-state index in [0.717, 1.165) is 26.2 Å². The standard InChI is InChI=1S/C16H24N2O/c1-2-5-14(6-3-1)12-18-9-10-19-16(13-18)11-15-7-4-8-17-15/h1-3,5-6,15-17H,4,7-13H2. The van der Waals surface area contributed by atoms with Crippen molar-refractivity contribution in [2.45, 2.75) is 38.0 Å². The maximum absolute atomic E-state index is 5.93. The molecule has 3 heteroatoms. The fraction of sp³-hybridized carbons (Fsp3) is 0.625. The molecule has 3 nitrogen and oxygen atoms in total. The third-order valence-electron chi connectivity index (χ3n) is 4.18. The molecule has 2 unspecified atom stereocenters. The summed E-state index contributed by atoms with van der Waals surface area (Å²) in [5.41, 5.74) is 1.40. The van der Waals surface area contributed by atoms with Crippen LogP contribution in [0.1, 0.15) is 24.8 Å². The van der Waals surface area contributed by atoms with Gasteiger partial charge in [-0.2, -0.15) is 0 Å². The smallest absolute Gasteiger partial charge is 0.0717 e. The van der Waals surface area contributed by atoms with Crippen LogP contribution >= 0.6 is 0 Å². The van der Waals surface area contributed by atoms with E-state index in [0.29, 0.717) is 12.1 Å². The first kappa shape index (κ1) is 13.1. The van der Waals surface area contributed by atoms with Gasteiger partial charge in [-0.15, -0.1) is 0 Å². The molecule has 2 atom stereocenters. The quantitative estimate of drug-likeness (QED) is 0.896. The second-order valence-corrected chi connectivity index (χ2v) is 5.74. The van der Waals surface area contributed by atoms with Crippen molar-refractivity contribution in [2.24, 2.45) is 0 Å². The minimum absolute atomic E-state index is 0.410. The van der Waals surface area contributed by atoms with E-state index in [4.69, 9.17) is 4.74 Å². The van der Waals surface area contributed by atoms with E-state index in [1.54, 1.807) is 0 Å². The summed E-state index contributed by atoms with van der Waals surface area (Å²) in [6, 6.07) is 11.4. The van der Waals surface area contributed by atoms with Crippen LogP contribution < -0.4 is 5.32 Å². The molecule has 3 rings (SSSR count). The Balaban J connectivity index is 1.50. The van der Waals surface area contributed by atoms with E-state index in [9.17, 15) is 0 Å². The molecule has 19 heavy (non-hydrogen) atoms. The molecule has 0 amide bonds. The SMILES string of the molecule is c1ccc(CN2CCOC(CC3CCCN3)C2)cc1. The van der Waals surface area contributed by atoms with Crippen LogP contribution in [-0.2, 0) is 11.3 Å². The highest BCUT2D eigenvalue weighted by molar-refractivity contribution is 5.14. The largest absolute Gasteiger partial charge is 0.375 e. The van der Waals surface area contributed by atoms with Gasteiger partial charge in [-0.1, -0.05) is 30.3 Å². The van der Waals surface area contributed by atoms with E-state index < -0.39 is 0 Å². The van der Waals surface area contributed by atoms with Crippen LogP contribution in [-0.4, -0.2) is 43.3 Å². The molecule has 1 N–H and O–H groups in total. The maximum Gasteiger partial charge on any atom is 0.0717 e. The molecular formula is C16H24N2O. The first-order valence-corrected chi connectivity index (χ1v) is 7.51. The highest BCUT2D eigenvalue weighted by atomic mass is 16.5. The van der Waals surface area contributed by atoms with Crippen LogP contribution in [0, 0.1) is 0 Å². The van der Waals surface area contributed by atoms with E-state index in [1.807, 2.05) is 0 Å². The van der Waals surface area contributed by atoms with E-state index >= 15 is 0 Å². The third kappa shape index (κ3) is 3.78. The molecule has 0 saturated carbocycles. The van der Waals surface area contributed by atoms with Crippen molar-refractivity contribution in [3.8, 4) is 0 Å². The van der Waals surface area contributed by atoms with Gasteiger partial charge in [0.05, 0.1) is 12.7 Å². The number of ether oxygens (including phenoxy) is 1. The topological polar surface area (TPSA) is 24.5 Å². The number of nitrogens with one attached hydrogen (secondary N) is 1. The molecule has 0 radical (unpaired) electrons. The van der Waals surface area contributed by atoms with Crippen LogP contribution in [0.25, 0.3) is 0 Å². The van der Waals surface area contributed by atoms with Crippen LogP contribution in [0.4, 0.5) is 0 Å². The average Bonchev–Trinajstić information content (AvgIpc) is 2.93. The zero-order chi connectivity index (χ0) is 12.9. The Morgan fingerprint density at radius 2 is 2.16 bits per heavy atom. The van der Waals surface area contributed by atoms with Crippen LogP contribution in [0.5, 0.6) is 0 Å². The molecule has 2 saturated heterocycles. The summed E-state index contributed by atoms with van der Waals surface area (Å²) in [5.74, 6) is 0. The summed E-state index contributed by atoms with van der Waals surface area (Å²) in [4.78, 5) is 2.53. The molecule has 2 heterocycles. The van der Waals surface area contributed by atoms with Gasteiger partial charge in [-0.05, 0) is 31.4 Å². The highest BCUT2D eigenvalue weighted by Crippen LogP contribution is 2.17. The van der Waals surface area contributed by atoms with Gasteiger partial charge in [0.15, 0.2) is 0 Å². The Morgan fingerprint density at radius 1 is 1.26 bits per heavy atom. The van der Waals surface area contributed by atoms with Crippen LogP contribution in [0.15, 0.2) is 30.3 Å². The Kier molecular flexibility index (Phi) is 4.49. The van der Waals surface area contributed by atoms with Crippen molar-refractivity contribution in [1.82, 2.24) is 10.2 Å². The Bertz CT molecular complexity index is 376. The second-order valence-electron chi connectivity index (χ2n) is 5.74. The molecule has 2 aliphatic rings. The normalized spacial score (nSPS) is 28.6. The molecule has 0 bridgehead atoms. The summed E-state index contributed by atoms with van der Waals surface area (Å²) in [5, 5.41) is 3.57. The summed E-state index contributed by atoms with van der Waals surface area (Å²) >= 11 is 0. The number of benzene rings is 1. The number of morpholine rings is 1. The van der Waals surface area contributed by atoms with Crippen molar-refractivity contribution in [1.29, 1.82) is 0 Å². The third-order valence-corrected chi connectivity index (χ3v) is 4.18. The first-order chi connectivity index (χ1) is 9.40. The lowest BCUT2D eigenvalue weighted by molar-refractivity contribution is -0.0382. The lowest BCUT2D eigenvalue weighted by Crippen LogP contribution is -2.44. The van der Waals surface area contributed by atoms with Gasteiger partial charge < -0.3 is 10.1 Å². The van der Waals surface area contributed by atoms with Crippen molar-refractivity contribution in [3.05, 3.63) is 35.9 Å². The van der Waals surface area contributed by atoms with Gasteiger partial charge >= 0.3 is 0 Å². The summed E-state index contributed by atoms with van der Waals surface area (Å²) in [6.45, 7) is 5.25. The first-order valence-electron chi connectivity index (χ1n) is 7.51. The van der Waals surface area contributed by atoms with Gasteiger partial charge in [0.1, 0.15) is 0 Å². The van der Waals surface area contributed by atoms with E-state index in [1.165, 1.54) is 31.4 Å². The minimum atomic E-state index is 0.410. The predicted octanol–water partition coefficient (Wildman–Crippen LogP) is 2.03. The molecule has 0 spiro atoms. The van der Waals surface area contributed by atoms with Crippen LogP contribution in [0.2, 0.25) is 0 Å². The second kappa shape index (κ2) is 6.51. The molecule has 2 fully saturated rings. The van der Waals surface area contributed by atoms with Gasteiger partial charge in [0.2, 0.25) is 0 Å². The summed E-state index contributed by atoms with van der Waals surface area (Å²) in [7, 11) is 0. The molecule has 0 aliphatic carbocycles. The lowest BCUT2D eigenvalue weighted by Gasteiger charge is -2.34. The number of nitrogens with zero attached hydrogens (tertiary/aromatic N) is 1. The zero-order valence-electron chi connectivity index (χ0n) is 11.6. The van der Waals surface area contributed by atoms with Crippen molar-refractivity contribution in [3.63, 3.8) is 0 Å². The van der Waals surface area contributed by atoms with Gasteiger partial charge in [-0.25, -0.2) is 0 Å². The molecule has 104 valence electrons. The van der Waals surface area contributed by atoms with Crippen molar-refractivity contribution < 1.29 is 4.74 Å². The number of rotatable bonds is 4. The Hall–Kier alpha value is -0.900. The minimum Gasteiger partial charge on any atom is -0.375 e. The lowest BCUT2D eigenvalue weighted by atomic mass is 10.1. The monoisotopic (exact) mass is 260 g/mol. The van der Waals surface area contributed by atoms with Crippen LogP contribution in [0.3, 0.4) is 0 Å². The van der Waals surface area contributed by atoms with E-state index in [-0.39, 0.29) is 0 Å². The highest BCUT2D eigenvalue weighted by Gasteiger charge is 2.25. The van der Waals surface area contributed by atoms with E-state index in [2.05, 4.69) is 40.5 Å². The van der Waals surface area contributed by atoms with Gasteiger partial charge in [0.25, 0.3) is 0 Å². The summed E-state index contributed by atoms with van der Waals surface area (Å²) in [6.07, 6.45) is 4.22. The fourth-order valence-electron chi connectivity index (χ4n) is 3.18. The molecule has 1 aromatic rings. The number of hydrogen-bond donors (Lipinski definition) is 1. The van der Waals surface area contributed by atoms with Gasteiger partial charge in [0, 0.05) is 25.7 Å². The fourth-order valence-corrected chi connectivity index (χ4v) is 3.18. The molecule has 2 aliphatic heterocycles. The Labute approximate surface area is 115 Å². The maximum atomic E-state index is 5.93. The zero-order valence-corrected chi connectivity index (χ0v) is 11.6. The summed E-state index contributed by atoms with van der Waals surface area (Å²) < 4.78 is 5.93. The molecule has 0 aromatic heterocycles. The molecule has 1 aromatic carbocycles. The predicted molar refractivity (Wildman–Crippen MR) is 77.1 cm³/mol. The average molecular weight is 260 g/mol. The van der Waals surface area contributed by atoms with Crippen molar-refractivity contribution >= 4 is 0 Å². The van der Waals surface area contributed by atoms with Crippen molar-refractivity contribution in [2.75, 3.05) is 26.2 Å². The molecular weight excluding hydrogens is 236 g/mol. The van der Waals surface area contributed by atoms with Gasteiger partial charge in [-0.3, -0.25) is 4.90 Å². The number of hydrogen-bond acceptors (Lipinski definition) is 3.